The van der Waals surface area contributed by atoms with Gasteiger partial charge in [-0.1, -0.05) is 30.3 Å². The molecule has 1 heterocycles. The predicted octanol–water partition coefficient (Wildman–Crippen LogP) is 2.39. The zero-order valence-electron chi connectivity index (χ0n) is 12.7. The third-order valence-corrected chi connectivity index (χ3v) is 3.71. The van der Waals surface area contributed by atoms with E-state index in [0.717, 1.165) is 34.6 Å². The molecule has 5 heteroatoms. The molecular weight excluding hydrogens is 286 g/mol. The van der Waals surface area contributed by atoms with Crippen LogP contribution in [0.4, 0.5) is 5.69 Å². The number of nitrogens with two attached hydrogens (primary N) is 2. The quantitative estimate of drug-likeness (QED) is 0.384. The number of benzene rings is 2. The van der Waals surface area contributed by atoms with E-state index in [1.165, 1.54) is 0 Å². The Morgan fingerprint density at radius 1 is 1.09 bits per heavy atom. The summed E-state index contributed by atoms with van der Waals surface area (Å²) in [6.45, 7) is 0.693. The second-order valence-corrected chi connectivity index (χ2v) is 5.51. The van der Waals surface area contributed by atoms with Crippen LogP contribution in [0.1, 0.15) is 22.5 Å². The summed E-state index contributed by atoms with van der Waals surface area (Å²) >= 11 is 0. The number of anilines is 1. The van der Waals surface area contributed by atoms with Gasteiger partial charge in [0.25, 0.3) is 0 Å². The molecule has 0 aliphatic rings. The first-order valence-corrected chi connectivity index (χ1v) is 7.39. The Morgan fingerprint density at radius 3 is 2.65 bits per heavy atom. The molecule has 3 aromatic rings. The van der Waals surface area contributed by atoms with E-state index in [4.69, 9.17) is 16.9 Å². The molecule has 5 nitrogen and oxygen atoms in total. The summed E-state index contributed by atoms with van der Waals surface area (Å²) in [5.74, 6) is 1.06. The van der Waals surface area contributed by atoms with E-state index in [2.05, 4.69) is 9.55 Å². The molecule has 0 amide bonds. The van der Waals surface area contributed by atoms with Crippen LogP contribution in [0, 0.1) is 5.41 Å². The number of rotatable bonds is 5. The van der Waals surface area contributed by atoms with Gasteiger partial charge in [0.2, 0.25) is 0 Å². The molecule has 0 bridgehead atoms. The van der Waals surface area contributed by atoms with Gasteiger partial charge in [0.05, 0.1) is 0 Å². The zero-order valence-corrected chi connectivity index (χ0v) is 12.7. The van der Waals surface area contributed by atoms with Crippen molar-refractivity contribution in [1.82, 2.24) is 9.55 Å². The van der Waals surface area contributed by atoms with Gasteiger partial charge in [0, 0.05) is 36.6 Å². The molecule has 0 atom stereocenters. The first-order valence-electron chi connectivity index (χ1n) is 7.39. The van der Waals surface area contributed by atoms with Gasteiger partial charge in [0.1, 0.15) is 11.7 Å². The highest BCUT2D eigenvalue weighted by Crippen LogP contribution is 2.14. The van der Waals surface area contributed by atoms with Crippen LogP contribution in [0.15, 0.2) is 60.9 Å². The van der Waals surface area contributed by atoms with E-state index in [9.17, 15) is 0 Å². The van der Waals surface area contributed by atoms with Gasteiger partial charge in [-0.05, 0) is 29.3 Å². The minimum atomic E-state index is 0.0810. The largest absolute Gasteiger partial charge is 0.399 e. The molecule has 116 valence electrons. The molecule has 23 heavy (non-hydrogen) atoms. The number of amidine groups is 1. The third kappa shape index (κ3) is 3.58. The second kappa shape index (κ2) is 6.36. The van der Waals surface area contributed by atoms with Gasteiger partial charge in [-0.15, -0.1) is 0 Å². The normalized spacial score (nSPS) is 10.6. The number of nitrogens with one attached hydrogen (secondary N) is 1. The minimum Gasteiger partial charge on any atom is -0.399 e. The summed E-state index contributed by atoms with van der Waals surface area (Å²) in [7, 11) is 0. The van der Waals surface area contributed by atoms with E-state index in [1.807, 2.05) is 54.7 Å². The Morgan fingerprint density at radius 2 is 1.87 bits per heavy atom. The Labute approximate surface area is 135 Å². The number of nitrogen functional groups attached to an aromatic ring is 2. The van der Waals surface area contributed by atoms with Crippen LogP contribution in [0.3, 0.4) is 0 Å². The van der Waals surface area contributed by atoms with Crippen LogP contribution in [0.5, 0.6) is 0 Å². The summed E-state index contributed by atoms with van der Waals surface area (Å²) < 4.78 is 2.10. The number of aromatic nitrogens is 2. The lowest BCUT2D eigenvalue weighted by atomic mass is 10.1. The summed E-state index contributed by atoms with van der Waals surface area (Å²) in [6, 6.07) is 15.6. The van der Waals surface area contributed by atoms with E-state index in [1.54, 1.807) is 6.20 Å². The smallest absolute Gasteiger partial charge is 0.122 e. The highest BCUT2D eigenvalue weighted by atomic mass is 15.1. The molecule has 5 N–H and O–H groups in total. The molecule has 0 aliphatic carbocycles. The highest BCUT2D eigenvalue weighted by molar-refractivity contribution is 5.95. The van der Waals surface area contributed by atoms with Crippen molar-refractivity contribution in [3.8, 4) is 0 Å². The fourth-order valence-electron chi connectivity index (χ4n) is 2.57. The molecular formula is C18H19N5. The molecule has 0 spiro atoms. The zero-order chi connectivity index (χ0) is 16.2. The number of hydrogen-bond donors (Lipinski definition) is 3. The Bertz CT molecular complexity index is 835. The van der Waals surface area contributed by atoms with Gasteiger partial charge < -0.3 is 16.0 Å². The van der Waals surface area contributed by atoms with Crippen LogP contribution >= 0.6 is 0 Å². The first kappa shape index (κ1) is 14.8. The highest BCUT2D eigenvalue weighted by Gasteiger charge is 2.06. The van der Waals surface area contributed by atoms with Crippen molar-refractivity contribution in [3.63, 3.8) is 0 Å². The maximum absolute atomic E-state index is 7.54. The van der Waals surface area contributed by atoms with Crippen molar-refractivity contribution in [1.29, 1.82) is 5.41 Å². The van der Waals surface area contributed by atoms with Crippen LogP contribution in [0.2, 0.25) is 0 Å². The Kier molecular flexibility index (Phi) is 4.10. The Balaban J connectivity index is 1.81. The molecule has 0 saturated heterocycles. The van der Waals surface area contributed by atoms with Crippen LogP contribution < -0.4 is 11.5 Å². The van der Waals surface area contributed by atoms with Crippen molar-refractivity contribution in [2.75, 3.05) is 5.73 Å². The molecule has 0 saturated carbocycles. The van der Waals surface area contributed by atoms with Crippen LogP contribution in [-0.2, 0) is 13.0 Å². The fraction of sp³-hybridized carbons (Fsp3) is 0.111. The van der Waals surface area contributed by atoms with Crippen molar-refractivity contribution in [2.24, 2.45) is 5.73 Å². The lowest BCUT2D eigenvalue weighted by molar-refractivity contribution is 0.740. The molecule has 0 unspecified atom stereocenters. The molecule has 1 aromatic heterocycles. The van der Waals surface area contributed by atoms with Gasteiger partial charge in [-0.25, -0.2) is 4.98 Å². The summed E-state index contributed by atoms with van der Waals surface area (Å²) in [6.07, 6.45) is 4.49. The Hall–Kier alpha value is -3.08. The van der Waals surface area contributed by atoms with Crippen molar-refractivity contribution in [2.45, 2.75) is 13.0 Å². The van der Waals surface area contributed by atoms with Gasteiger partial charge >= 0.3 is 0 Å². The molecule has 0 radical (unpaired) electrons. The molecule has 3 rings (SSSR count). The van der Waals surface area contributed by atoms with E-state index >= 15 is 0 Å². The van der Waals surface area contributed by atoms with Crippen molar-refractivity contribution < 1.29 is 0 Å². The predicted molar refractivity (Wildman–Crippen MR) is 92.4 cm³/mol. The van der Waals surface area contributed by atoms with Crippen LogP contribution in [0.25, 0.3) is 0 Å². The monoisotopic (exact) mass is 305 g/mol. The van der Waals surface area contributed by atoms with E-state index in [0.29, 0.717) is 6.54 Å². The molecule has 0 fully saturated rings. The lowest BCUT2D eigenvalue weighted by Crippen LogP contribution is -2.12. The third-order valence-electron chi connectivity index (χ3n) is 3.71. The average Bonchev–Trinajstić information content (AvgIpc) is 2.94. The van der Waals surface area contributed by atoms with Gasteiger partial charge in [-0.3, -0.25) is 5.41 Å². The SMILES string of the molecule is N=C(N)c1cccc(Cn2ccnc2Cc2cccc(N)c2)c1. The molecule has 0 aliphatic heterocycles. The standard InChI is InChI=1S/C18H19N5/c19-16-6-2-3-13(10-16)11-17-22-7-8-23(17)12-14-4-1-5-15(9-14)18(20)21/h1-10H,11-12,19H2,(H3,20,21). The summed E-state index contributed by atoms with van der Waals surface area (Å²) in [4.78, 5) is 4.45. The maximum Gasteiger partial charge on any atom is 0.122 e. The van der Waals surface area contributed by atoms with Crippen molar-refractivity contribution >= 4 is 11.5 Å². The molecule has 2 aromatic carbocycles. The van der Waals surface area contributed by atoms with Gasteiger partial charge in [0.15, 0.2) is 0 Å². The lowest BCUT2D eigenvalue weighted by Gasteiger charge is -2.10. The van der Waals surface area contributed by atoms with E-state index in [-0.39, 0.29) is 5.84 Å². The number of hydrogen-bond acceptors (Lipinski definition) is 3. The minimum absolute atomic E-state index is 0.0810. The summed E-state index contributed by atoms with van der Waals surface area (Å²) in [5.41, 5.74) is 15.1. The van der Waals surface area contributed by atoms with E-state index < -0.39 is 0 Å². The maximum atomic E-state index is 7.54. The summed E-state index contributed by atoms with van der Waals surface area (Å²) in [5, 5.41) is 7.54. The van der Waals surface area contributed by atoms with Gasteiger partial charge in [-0.2, -0.15) is 0 Å². The fourth-order valence-corrected chi connectivity index (χ4v) is 2.57. The first-order chi connectivity index (χ1) is 11.1. The number of imidazole rings is 1. The average molecular weight is 305 g/mol. The second-order valence-electron chi connectivity index (χ2n) is 5.51. The topological polar surface area (TPSA) is 93.7 Å². The van der Waals surface area contributed by atoms with Crippen LogP contribution in [-0.4, -0.2) is 15.4 Å². The van der Waals surface area contributed by atoms with Crippen molar-refractivity contribution in [3.05, 3.63) is 83.4 Å². The number of nitrogens with zero attached hydrogens (tertiary/aromatic N) is 2.